The fourth-order valence-corrected chi connectivity index (χ4v) is 1.04. The molecule has 0 aliphatic carbocycles. The molecule has 0 saturated heterocycles. The molecule has 0 aromatic heterocycles. The zero-order chi connectivity index (χ0) is 11.3. The summed E-state index contributed by atoms with van der Waals surface area (Å²) in [7, 11) is 2.73. The minimum absolute atomic E-state index is 0.0226. The van der Waals surface area contributed by atoms with Crippen LogP contribution in [-0.4, -0.2) is 32.1 Å². The summed E-state index contributed by atoms with van der Waals surface area (Å²) in [5.41, 5.74) is 0.162. The lowest BCUT2D eigenvalue weighted by Crippen LogP contribution is -2.07. The van der Waals surface area contributed by atoms with Crippen LogP contribution in [0, 0.1) is 0 Å². The van der Waals surface area contributed by atoms with Crippen molar-refractivity contribution >= 4 is 5.97 Å². The third-order valence-corrected chi connectivity index (χ3v) is 1.70. The second kappa shape index (κ2) is 5.21. The van der Waals surface area contributed by atoms with E-state index in [1.165, 1.54) is 32.4 Å². The lowest BCUT2D eigenvalue weighted by atomic mass is 10.2. The van der Waals surface area contributed by atoms with Gasteiger partial charge in [0, 0.05) is 7.11 Å². The number of phenolic OH excluding ortho intramolecular Hbond substituents is 1. The first kappa shape index (κ1) is 11.3. The first-order valence-corrected chi connectivity index (χ1v) is 4.22. The second-order valence-corrected chi connectivity index (χ2v) is 2.72. The van der Waals surface area contributed by atoms with Gasteiger partial charge in [-0.3, -0.25) is 0 Å². The van der Waals surface area contributed by atoms with Crippen LogP contribution in [0.25, 0.3) is 0 Å². The van der Waals surface area contributed by atoms with Crippen LogP contribution < -0.4 is 4.74 Å². The van der Waals surface area contributed by atoms with Crippen molar-refractivity contribution in [2.75, 3.05) is 21.0 Å². The van der Waals surface area contributed by atoms with E-state index in [2.05, 4.69) is 4.74 Å². The summed E-state index contributed by atoms with van der Waals surface area (Å²) in [4.78, 5) is 11.3. The Kier molecular flexibility index (Phi) is 3.93. The molecule has 0 fully saturated rings. The van der Waals surface area contributed by atoms with Gasteiger partial charge in [-0.05, 0) is 18.2 Å². The van der Waals surface area contributed by atoms with Gasteiger partial charge in [0.2, 0.25) is 0 Å². The standard InChI is InChI=1S/C10H12O5/c1-13-6-15-9-4-3-7(11)5-8(9)10(12)14-2/h3-5,11H,6H2,1-2H3. The van der Waals surface area contributed by atoms with Crippen molar-refractivity contribution < 1.29 is 24.1 Å². The van der Waals surface area contributed by atoms with Crippen LogP contribution in [0.2, 0.25) is 0 Å². The molecule has 0 unspecified atom stereocenters. The zero-order valence-electron chi connectivity index (χ0n) is 8.52. The summed E-state index contributed by atoms with van der Waals surface area (Å²) in [6.07, 6.45) is 0. The van der Waals surface area contributed by atoms with E-state index in [0.29, 0.717) is 5.75 Å². The fourth-order valence-electron chi connectivity index (χ4n) is 1.04. The molecule has 0 amide bonds. The van der Waals surface area contributed by atoms with Crippen LogP contribution in [-0.2, 0) is 9.47 Å². The zero-order valence-corrected chi connectivity index (χ0v) is 8.52. The van der Waals surface area contributed by atoms with Crippen LogP contribution in [0.15, 0.2) is 18.2 Å². The van der Waals surface area contributed by atoms with Gasteiger partial charge in [0.1, 0.15) is 17.1 Å². The summed E-state index contributed by atoms with van der Waals surface area (Å²) < 4.78 is 14.4. The predicted molar refractivity (Wildman–Crippen MR) is 52.0 cm³/mol. The van der Waals surface area contributed by atoms with E-state index >= 15 is 0 Å². The molecule has 0 spiro atoms. The summed E-state index contributed by atoms with van der Waals surface area (Å²) in [5.74, 6) is -0.293. The number of esters is 1. The lowest BCUT2D eigenvalue weighted by molar-refractivity contribution is 0.0464. The minimum Gasteiger partial charge on any atom is -0.508 e. The van der Waals surface area contributed by atoms with Crippen molar-refractivity contribution in [3.63, 3.8) is 0 Å². The van der Waals surface area contributed by atoms with Crippen molar-refractivity contribution in [2.45, 2.75) is 0 Å². The van der Waals surface area contributed by atoms with Crippen LogP contribution in [0.4, 0.5) is 0 Å². The molecule has 5 heteroatoms. The van der Waals surface area contributed by atoms with Crippen molar-refractivity contribution in [1.29, 1.82) is 0 Å². The van der Waals surface area contributed by atoms with Gasteiger partial charge >= 0.3 is 5.97 Å². The average Bonchev–Trinajstić information content (AvgIpc) is 2.26. The predicted octanol–water partition coefficient (Wildman–Crippen LogP) is 1.16. The molecule has 0 aliphatic rings. The first-order valence-electron chi connectivity index (χ1n) is 4.22. The van der Waals surface area contributed by atoms with Crippen LogP contribution in [0.3, 0.4) is 0 Å². The molecular formula is C10H12O5. The Hall–Kier alpha value is -1.75. The Morgan fingerprint density at radius 2 is 2.13 bits per heavy atom. The normalized spacial score (nSPS) is 9.73. The smallest absolute Gasteiger partial charge is 0.341 e. The number of carbonyl (C=O) groups excluding carboxylic acids is 1. The third kappa shape index (κ3) is 2.85. The molecule has 0 aliphatic heterocycles. The Morgan fingerprint density at radius 3 is 2.73 bits per heavy atom. The Balaban J connectivity index is 2.97. The first-order chi connectivity index (χ1) is 7.19. The van der Waals surface area contributed by atoms with Crippen molar-refractivity contribution in [3.05, 3.63) is 23.8 Å². The van der Waals surface area contributed by atoms with Gasteiger partial charge < -0.3 is 19.3 Å². The van der Waals surface area contributed by atoms with Gasteiger partial charge in [0.25, 0.3) is 0 Å². The molecule has 1 rings (SSSR count). The van der Waals surface area contributed by atoms with E-state index in [4.69, 9.17) is 9.47 Å². The second-order valence-electron chi connectivity index (χ2n) is 2.72. The molecule has 0 heterocycles. The number of hydrogen-bond donors (Lipinski definition) is 1. The molecule has 1 aromatic carbocycles. The highest BCUT2D eigenvalue weighted by Crippen LogP contribution is 2.24. The van der Waals surface area contributed by atoms with E-state index in [1.807, 2.05) is 0 Å². The highest BCUT2D eigenvalue weighted by atomic mass is 16.7. The number of rotatable bonds is 4. The molecule has 82 valence electrons. The van der Waals surface area contributed by atoms with Crippen LogP contribution >= 0.6 is 0 Å². The summed E-state index contributed by atoms with van der Waals surface area (Å²) in [5, 5.41) is 9.21. The maximum Gasteiger partial charge on any atom is 0.341 e. The van der Waals surface area contributed by atoms with E-state index in [-0.39, 0.29) is 18.1 Å². The van der Waals surface area contributed by atoms with Gasteiger partial charge in [0.05, 0.1) is 7.11 Å². The van der Waals surface area contributed by atoms with Crippen molar-refractivity contribution in [3.8, 4) is 11.5 Å². The van der Waals surface area contributed by atoms with E-state index in [9.17, 15) is 9.90 Å². The van der Waals surface area contributed by atoms with Gasteiger partial charge in [-0.25, -0.2) is 4.79 Å². The molecule has 15 heavy (non-hydrogen) atoms. The van der Waals surface area contributed by atoms with Gasteiger partial charge in [0.15, 0.2) is 6.79 Å². The topological polar surface area (TPSA) is 65.0 Å². The quantitative estimate of drug-likeness (QED) is 0.599. The maximum atomic E-state index is 11.3. The Morgan fingerprint density at radius 1 is 1.40 bits per heavy atom. The number of phenols is 1. The van der Waals surface area contributed by atoms with E-state index in [1.54, 1.807) is 0 Å². The number of hydrogen-bond acceptors (Lipinski definition) is 5. The van der Waals surface area contributed by atoms with Gasteiger partial charge in [-0.1, -0.05) is 0 Å². The van der Waals surface area contributed by atoms with Crippen molar-refractivity contribution in [2.24, 2.45) is 0 Å². The molecule has 0 saturated carbocycles. The SMILES string of the molecule is COCOc1ccc(O)cc1C(=O)OC. The summed E-state index contributed by atoms with van der Waals surface area (Å²) in [6, 6.07) is 4.16. The molecule has 0 atom stereocenters. The highest BCUT2D eigenvalue weighted by molar-refractivity contribution is 5.92. The molecule has 0 radical (unpaired) electrons. The molecular weight excluding hydrogens is 200 g/mol. The molecule has 1 N–H and O–H groups in total. The Labute approximate surface area is 87.2 Å². The van der Waals surface area contributed by atoms with Crippen molar-refractivity contribution in [1.82, 2.24) is 0 Å². The number of ether oxygens (including phenoxy) is 3. The van der Waals surface area contributed by atoms with Crippen LogP contribution in [0.5, 0.6) is 11.5 Å². The van der Waals surface area contributed by atoms with E-state index < -0.39 is 5.97 Å². The molecule has 0 bridgehead atoms. The molecule has 5 nitrogen and oxygen atoms in total. The number of aromatic hydroxyl groups is 1. The molecule has 1 aromatic rings. The fraction of sp³-hybridized carbons (Fsp3) is 0.300. The van der Waals surface area contributed by atoms with Crippen LogP contribution in [0.1, 0.15) is 10.4 Å². The highest BCUT2D eigenvalue weighted by Gasteiger charge is 2.13. The monoisotopic (exact) mass is 212 g/mol. The Bertz CT molecular complexity index is 348. The number of benzene rings is 1. The largest absolute Gasteiger partial charge is 0.508 e. The van der Waals surface area contributed by atoms with E-state index in [0.717, 1.165) is 0 Å². The number of methoxy groups -OCH3 is 2. The number of carbonyl (C=O) groups is 1. The summed E-state index contributed by atoms with van der Waals surface area (Å²) >= 11 is 0. The minimum atomic E-state index is -0.572. The van der Waals surface area contributed by atoms with Gasteiger partial charge in [-0.2, -0.15) is 0 Å². The third-order valence-electron chi connectivity index (χ3n) is 1.70. The van der Waals surface area contributed by atoms with Gasteiger partial charge in [-0.15, -0.1) is 0 Å². The summed E-state index contributed by atoms with van der Waals surface area (Å²) in [6.45, 7) is 0.0226. The lowest BCUT2D eigenvalue weighted by Gasteiger charge is -2.09. The maximum absolute atomic E-state index is 11.3. The average molecular weight is 212 g/mol.